The van der Waals surface area contributed by atoms with Crippen molar-refractivity contribution in [1.82, 2.24) is 29.7 Å². The smallest absolute Gasteiger partial charge is 0.248 e. The molecule has 1 atom stereocenters. The average Bonchev–Trinajstić information content (AvgIpc) is 3.60. The lowest BCUT2D eigenvalue weighted by atomic mass is 10.1. The highest BCUT2D eigenvalue weighted by Crippen LogP contribution is 2.26. The number of piperazine rings is 1. The number of hydrogen-bond donors (Lipinski definition) is 1. The van der Waals surface area contributed by atoms with Gasteiger partial charge in [0.25, 0.3) is 0 Å². The molecular weight excluding hydrogens is 466 g/mol. The highest BCUT2D eigenvalue weighted by atomic mass is 16.5. The lowest BCUT2D eigenvalue weighted by Crippen LogP contribution is -2.57. The molecule has 2 amide bonds. The van der Waals surface area contributed by atoms with Gasteiger partial charge in [-0.1, -0.05) is 0 Å². The van der Waals surface area contributed by atoms with Crippen LogP contribution in [0.25, 0.3) is 5.95 Å². The summed E-state index contributed by atoms with van der Waals surface area (Å²) in [6.07, 6.45) is 12.2. The van der Waals surface area contributed by atoms with Crippen LogP contribution in [0.3, 0.4) is 0 Å². The minimum absolute atomic E-state index is 0.00146. The second-order valence-corrected chi connectivity index (χ2v) is 8.48. The van der Waals surface area contributed by atoms with Crippen LogP contribution in [0.5, 0.6) is 0 Å². The van der Waals surface area contributed by atoms with Crippen molar-refractivity contribution >= 4 is 17.6 Å². The molecule has 2 aromatic heterocycles. The third kappa shape index (κ3) is 5.23. The molecule has 12 heteroatoms. The molecule has 1 fully saturated rings. The van der Waals surface area contributed by atoms with E-state index in [-0.39, 0.29) is 30.9 Å². The summed E-state index contributed by atoms with van der Waals surface area (Å²) in [6.45, 7) is 2.17. The number of carbonyl (C=O) groups excluding carboxylic acids is 2. The number of fused-ring (bicyclic) bond motifs is 1. The van der Waals surface area contributed by atoms with Crippen LogP contribution in [-0.4, -0.2) is 88.8 Å². The van der Waals surface area contributed by atoms with Gasteiger partial charge in [0, 0.05) is 63.9 Å². The molecule has 0 aromatic carbocycles. The first-order valence-corrected chi connectivity index (χ1v) is 11.6. The Morgan fingerprint density at radius 1 is 1.25 bits per heavy atom. The molecule has 0 saturated carbocycles. The molecule has 0 aliphatic carbocycles. The summed E-state index contributed by atoms with van der Waals surface area (Å²) in [7, 11) is 1.49. The lowest BCUT2D eigenvalue weighted by molar-refractivity contribution is -0.136. The Labute approximate surface area is 207 Å². The third-order valence-corrected chi connectivity index (χ3v) is 6.08. The van der Waals surface area contributed by atoms with Crippen LogP contribution in [0.15, 0.2) is 66.5 Å². The standard InChI is InChI=1S/C24H27N7O5/c1-34-15-23(33)29-7-8-31(21-2-4-26-24(28-21)30-6-5-25-16-30)18(13-29)11-22(32)27-12-17-10-20-19(36-14-17)3-9-35-20/h2-6,10,14,16,18H,7-9,11-13,15H2,1H3,(H,27,32). The summed E-state index contributed by atoms with van der Waals surface area (Å²) in [6, 6.07) is 1.52. The van der Waals surface area contributed by atoms with Gasteiger partial charge in [0.2, 0.25) is 17.8 Å². The number of nitrogens with one attached hydrogen (secondary N) is 1. The SMILES string of the molecule is COCC(=O)N1CCN(c2ccnc(-n3ccnc3)n2)C(CC(=O)NCC2=COC3=CCOC3=C2)C1. The molecule has 1 saturated heterocycles. The van der Waals surface area contributed by atoms with E-state index in [4.69, 9.17) is 14.2 Å². The summed E-state index contributed by atoms with van der Waals surface area (Å²) in [5.41, 5.74) is 0.801. The Hall–Kier alpha value is -4.19. The molecule has 3 aliphatic rings. The minimum Gasteiger partial charge on any atom is -0.485 e. The Morgan fingerprint density at radius 2 is 2.17 bits per heavy atom. The van der Waals surface area contributed by atoms with Gasteiger partial charge in [-0.3, -0.25) is 14.2 Å². The number of methoxy groups -OCH3 is 1. The maximum Gasteiger partial charge on any atom is 0.248 e. The van der Waals surface area contributed by atoms with E-state index in [0.717, 1.165) is 5.57 Å². The fraction of sp³-hybridized carbons (Fsp3) is 0.375. The van der Waals surface area contributed by atoms with Crippen molar-refractivity contribution in [3.05, 3.63) is 66.5 Å². The fourth-order valence-electron chi connectivity index (χ4n) is 4.29. The second-order valence-electron chi connectivity index (χ2n) is 8.48. The van der Waals surface area contributed by atoms with Crippen molar-refractivity contribution < 1.29 is 23.8 Å². The molecule has 1 unspecified atom stereocenters. The zero-order valence-corrected chi connectivity index (χ0v) is 19.9. The summed E-state index contributed by atoms with van der Waals surface area (Å²) < 4.78 is 17.8. The lowest BCUT2D eigenvalue weighted by Gasteiger charge is -2.42. The molecule has 3 aliphatic heterocycles. The van der Waals surface area contributed by atoms with E-state index >= 15 is 0 Å². The molecule has 5 heterocycles. The van der Waals surface area contributed by atoms with Gasteiger partial charge in [0.15, 0.2) is 11.5 Å². The topological polar surface area (TPSA) is 124 Å². The van der Waals surface area contributed by atoms with E-state index < -0.39 is 0 Å². The van der Waals surface area contributed by atoms with Crippen LogP contribution in [0, 0.1) is 0 Å². The Bertz CT molecular complexity index is 1210. The van der Waals surface area contributed by atoms with Crippen molar-refractivity contribution in [3.8, 4) is 5.95 Å². The number of amides is 2. The van der Waals surface area contributed by atoms with Crippen LogP contribution in [0.4, 0.5) is 5.82 Å². The largest absolute Gasteiger partial charge is 0.485 e. The van der Waals surface area contributed by atoms with Gasteiger partial charge in [0.1, 0.15) is 25.4 Å². The Morgan fingerprint density at radius 3 is 3.00 bits per heavy atom. The van der Waals surface area contributed by atoms with E-state index in [1.54, 1.807) is 46.7 Å². The monoisotopic (exact) mass is 493 g/mol. The third-order valence-electron chi connectivity index (χ3n) is 6.08. The van der Waals surface area contributed by atoms with E-state index in [2.05, 4.69) is 20.3 Å². The van der Waals surface area contributed by atoms with Crippen LogP contribution in [-0.2, 0) is 23.8 Å². The molecule has 0 bridgehead atoms. The van der Waals surface area contributed by atoms with Crippen LogP contribution >= 0.6 is 0 Å². The fourth-order valence-corrected chi connectivity index (χ4v) is 4.29. The van der Waals surface area contributed by atoms with Crippen molar-refractivity contribution in [3.63, 3.8) is 0 Å². The first kappa shape index (κ1) is 23.5. The maximum absolute atomic E-state index is 13.0. The van der Waals surface area contributed by atoms with Crippen LogP contribution in [0.2, 0.25) is 0 Å². The quantitative estimate of drug-likeness (QED) is 0.561. The van der Waals surface area contributed by atoms with Gasteiger partial charge in [0.05, 0.1) is 12.3 Å². The van der Waals surface area contributed by atoms with E-state index in [9.17, 15) is 9.59 Å². The highest BCUT2D eigenvalue weighted by Gasteiger charge is 2.32. The molecule has 2 aromatic rings. The number of ether oxygens (including phenoxy) is 3. The number of rotatable bonds is 8. The number of hydrogen-bond acceptors (Lipinski definition) is 9. The van der Waals surface area contributed by atoms with Gasteiger partial charge in [-0.15, -0.1) is 0 Å². The molecular formula is C24H27N7O5. The van der Waals surface area contributed by atoms with Crippen molar-refractivity contribution in [1.29, 1.82) is 0 Å². The average molecular weight is 494 g/mol. The highest BCUT2D eigenvalue weighted by molar-refractivity contribution is 5.79. The molecule has 0 radical (unpaired) electrons. The van der Waals surface area contributed by atoms with Gasteiger partial charge in [-0.25, -0.2) is 9.97 Å². The van der Waals surface area contributed by atoms with Crippen molar-refractivity contribution in [2.45, 2.75) is 12.5 Å². The summed E-state index contributed by atoms with van der Waals surface area (Å²) in [5, 5.41) is 2.95. The van der Waals surface area contributed by atoms with E-state index in [1.165, 1.54) is 7.11 Å². The molecule has 12 nitrogen and oxygen atoms in total. The number of anilines is 1. The van der Waals surface area contributed by atoms with Gasteiger partial charge in [-0.05, 0) is 18.2 Å². The van der Waals surface area contributed by atoms with Gasteiger partial charge in [-0.2, -0.15) is 4.98 Å². The number of imidazole rings is 1. The summed E-state index contributed by atoms with van der Waals surface area (Å²) in [4.78, 5) is 42.3. The first-order chi connectivity index (χ1) is 17.6. The van der Waals surface area contributed by atoms with Gasteiger partial charge >= 0.3 is 0 Å². The Kier molecular flexibility index (Phi) is 6.94. The molecule has 188 valence electrons. The minimum atomic E-state index is -0.285. The zero-order chi connectivity index (χ0) is 24.9. The van der Waals surface area contributed by atoms with Crippen molar-refractivity contribution in [2.75, 3.05) is 51.4 Å². The summed E-state index contributed by atoms with van der Waals surface area (Å²) >= 11 is 0. The van der Waals surface area contributed by atoms with Gasteiger partial charge < -0.3 is 29.3 Å². The molecule has 0 spiro atoms. The second kappa shape index (κ2) is 10.6. The zero-order valence-electron chi connectivity index (χ0n) is 19.9. The van der Waals surface area contributed by atoms with Crippen molar-refractivity contribution in [2.24, 2.45) is 0 Å². The first-order valence-electron chi connectivity index (χ1n) is 11.6. The number of carbonyl (C=O) groups is 2. The normalized spacial score (nSPS) is 18.9. The number of aromatic nitrogens is 4. The summed E-state index contributed by atoms with van der Waals surface area (Å²) in [5.74, 6) is 2.26. The predicted octanol–water partition coefficient (Wildman–Crippen LogP) is 0.544. The maximum atomic E-state index is 13.0. The number of nitrogens with zero attached hydrogens (tertiary/aromatic N) is 6. The van der Waals surface area contributed by atoms with E-state index in [1.807, 2.05) is 17.1 Å². The molecule has 36 heavy (non-hydrogen) atoms. The van der Waals surface area contributed by atoms with E-state index in [0.29, 0.717) is 56.1 Å². The van der Waals surface area contributed by atoms with Crippen LogP contribution in [0.1, 0.15) is 6.42 Å². The Balaban J connectivity index is 1.28. The van der Waals surface area contributed by atoms with Crippen LogP contribution < -0.4 is 10.2 Å². The molecule has 5 rings (SSSR count). The molecule has 1 N–H and O–H groups in total. The predicted molar refractivity (Wildman–Crippen MR) is 128 cm³/mol.